The first-order chi connectivity index (χ1) is 16.0. The minimum Gasteiger partial charge on any atom is -0.496 e. The van der Waals surface area contributed by atoms with Gasteiger partial charge < -0.3 is 9.47 Å². The summed E-state index contributed by atoms with van der Waals surface area (Å²) in [5.74, 6) is 1.00. The Bertz CT molecular complexity index is 1230. The number of nitrogens with zero attached hydrogens (tertiary/aromatic N) is 2. The van der Waals surface area contributed by atoms with Gasteiger partial charge in [0.2, 0.25) is 0 Å². The van der Waals surface area contributed by atoms with E-state index in [1.165, 1.54) is 11.3 Å². The van der Waals surface area contributed by atoms with Crippen molar-refractivity contribution < 1.29 is 14.3 Å². The van der Waals surface area contributed by atoms with Gasteiger partial charge in [-0.05, 0) is 36.8 Å². The lowest BCUT2D eigenvalue weighted by Gasteiger charge is -2.21. The van der Waals surface area contributed by atoms with Crippen LogP contribution in [0.4, 0.5) is 5.13 Å². The predicted molar refractivity (Wildman–Crippen MR) is 134 cm³/mol. The number of anilines is 1. The Balaban J connectivity index is 1.75. The van der Waals surface area contributed by atoms with Crippen molar-refractivity contribution in [3.63, 3.8) is 0 Å². The molecule has 0 saturated carbocycles. The fraction of sp³-hybridized carbons (Fsp3) is 0.154. The number of hydrogen-bond donors (Lipinski definition) is 0. The van der Waals surface area contributed by atoms with Crippen LogP contribution in [0.2, 0.25) is 5.02 Å². The monoisotopic (exact) mass is 478 g/mol. The number of ether oxygens (including phenoxy) is 2. The minimum absolute atomic E-state index is 0.188. The molecular weight excluding hydrogens is 456 g/mol. The normalized spacial score (nSPS) is 10.7. The highest BCUT2D eigenvalue weighted by molar-refractivity contribution is 7.14. The van der Waals surface area contributed by atoms with E-state index in [2.05, 4.69) is 0 Å². The van der Waals surface area contributed by atoms with Gasteiger partial charge in [-0.2, -0.15) is 0 Å². The van der Waals surface area contributed by atoms with E-state index in [0.29, 0.717) is 33.8 Å². The summed E-state index contributed by atoms with van der Waals surface area (Å²) in [4.78, 5) is 20.2. The number of methoxy groups -OCH3 is 2. The van der Waals surface area contributed by atoms with Crippen LogP contribution in [0, 0.1) is 6.92 Å². The summed E-state index contributed by atoms with van der Waals surface area (Å²) in [6.07, 6.45) is 0. The van der Waals surface area contributed by atoms with Gasteiger partial charge in [0.15, 0.2) is 5.13 Å². The molecule has 4 aromatic rings. The molecule has 0 unspecified atom stereocenters. The van der Waals surface area contributed by atoms with E-state index < -0.39 is 0 Å². The minimum atomic E-state index is -0.188. The molecule has 168 valence electrons. The van der Waals surface area contributed by atoms with Crippen molar-refractivity contribution >= 4 is 34.0 Å². The molecule has 7 heteroatoms. The first-order valence-corrected chi connectivity index (χ1v) is 11.6. The molecule has 0 spiro atoms. The first kappa shape index (κ1) is 22.8. The summed E-state index contributed by atoms with van der Waals surface area (Å²) in [5.41, 5.74) is 4.03. The number of thiazole rings is 1. The molecule has 1 amide bonds. The fourth-order valence-corrected chi connectivity index (χ4v) is 4.46. The highest BCUT2D eigenvalue weighted by Gasteiger charge is 2.24. The van der Waals surface area contributed by atoms with E-state index in [-0.39, 0.29) is 5.91 Å². The quantitative estimate of drug-likeness (QED) is 0.299. The number of halogens is 1. The average Bonchev–Trinajstić information content (AvgIpc) is 3.33. The second-order valence-electron chi connectivity index (χ2n) is 7.40. The largest absolute Gasteiger partial charge is 0.496 e. The van der Waals surface area contributed by atoms with Gasteiger partial charge in [-0.3, -0.25) is 9.69 Å². The summed E-state index contributed by atoms with van der Waals surface area (Å²) < 4.78 is 11.0. The Labute approximate surface area is 202 Å². The topological polar surface area (TPSA) is 51.7 Å². The molecule has 33 heavy (non-hydrogen) atoms. The summed E-state index contributed by atoms with van der Waals surface area (Å²) in [5, 5.41) is 3.21. The van der Waals surface area contributed by atoms with Gasteiger partial charge in [0.25, 0.3) is 5.91 Å². The summed E-state index contributed by atoms with van der Waals surface area (Å²) >= 11 is 7.44. The first-order valence-electron chi connectivity index (χ1n) is 10.3. The zero-order valence-electron chi connectivity index (χ0n) is 18.5. The van der Waals surface area contributed by atoms with Crippen LogP contribution < -0.4 is 14.4 Å². The maximum Gasteiger partial charge on any atom is 0.260 e. The predicted octanol–water partition coefficient (Wildman–Crippen LogP) is 6.64. The van der Waals surface area contributed by atoms with Crippen molar-refractivity contribution in [3.8, 4) is 22.8 Å². The van der Waals surface area contributed by atoms with E-state index in [1.54, 1.807) is 31.3 Å². The number of aromatic nitrogens is 1. The highest BCUT2D eigenvalue weighted by atomic mass is 35.5. The molecule has 0 saturated heterocycles. The summed E-state index contributed by atoms with van der Waals surface area (Å²) in [6, 6.07) is 20.8. The second-order valence-corrected chi connectivity index (χ2v) is 8.68. The van der Waals surface area contributed by atoms with Gasteiger partial charge in [-0.1, -0.05) is 54.1 Å². The van der Waals surface area contributed by atoms with Gasteiger partial charge >= 0.3 is 0 Å². The van der Waals surface area contributed by atoms with Crippen molar-refractivity contribution in [2.75, 3.05) is 19.1 Å². The van der Waals surface area contributed by atoms with E-state index in [4.69, 9.17) is 26.1 Å². The Kier molecular flexibility index (Phi) is 6.96. The van der Waals surface area contributed by atoms with Crippen molar-refractivity contribution in [2.45, 2.75) is 13.5 Å². The van der Waals surface area contributed by atoms with Crippen molar-refractivity contribution in [3.05, 3.63) is 93.8 Å². The fourth-order valence-electron chi connectivity index (χ4n) is 3.50. The van der Waals surface area contributed by atoms with Crippen LogP contribution in [0.1, 0.15) is 21.5 Å². The third kappa shape index (κ3) is 5.02. The zero-order valence-corrected chi connectivity index (χ0v) is 20.1. The van der Waals surface area contributed by atoms with Crippen molar-refractivity contribution in [1.82, 2.24) is 4.98 Å². The number of carbonyl (C=O) groups excluding carboxylic acids is 1. The van der Waals surface area contributed by atoms with Gasteiger partial charge in [-0.25, -0.2) is 4.98 Å². The Morgan fingerprint density at radius 1 is 1.00 bits per heavy atom. The van der Waals surface area contributed by atoms with E-state index in [9.17, 15) is 4.79 Å². The van der Waals surface area contributed by atoms with Crippen molar-refractivity contribution in [1.29, 1.82) is 0 Å². The molecule has 0 radical (unpaired) electrons. The SMILES string of the molecule is COc1cc(C(=O)N(Cc2ccccc2)c2nc(-c3ccc(Cl)cc3)cs2)cc(OC)c1C. The average molecular weight is 479 g/mol. The number of benzene rings is 3. The molecule has 0 bridgehead atoms. The molecule has 5 nitrogen and oxygen atoms in total. The molecule has 0 N–H and O–H groups in total. The number of amides is 1. The molecule has 0 aliphatic rings. The molecule has 1 heterocycles. The lowest BCUT2D eigenvalue weighted by molar-refractivity contribution is 0.0984. The Hall–Kier alpha value is -3.35. The third-order valence-electron chi connectivity index (χ3n) is 5.29. The van der Waals surface area contributed by atoms with Gasteiger partial charge in [0.1, 0.15) is 11.5 Å². The molecule has 0 atom stereocenters. The number of carbonyl (C=O) groups is 1. The maximum atomic E-state index is 13.8. The van der Waals surface area contributed by atoms with E-state index >= 15 is 0 Å². The van der Waals surface area contributed by atoms with Crippen LogP contribution in [0.25, 0.3) is 11.3 Å². The Morgan fingerprint density at radius 2 is 1.64 bits per heavy atom. The van der Waals surface area contributed by atoms with Crippen LogP contribution in [-0.4, -0.2) is 25.1 Å². The molecule has 4 rings (SSSR count). The summed E-state index contributed by atoms with van der Waals surface area (Å²) in [7, 11) is 3.16. The number of rotatable bonds is 7. The molecule has 3 aromatic carbocycles. The van der Waals surface area contributed by atoms with Crippen LogP contribution in [0.5, 0.6) is 11.5 Å². The van der Waals surface area contributed by atoms with E-state index in [0.717, 1.165) is 22.4 Å². The van der Waals surface area contributed by atoms with Crippen LogP contribution in [0.15, 0.2) is 72.1 Å². The van der Waals surface area contributed by atoms with Gasteiger partial charge in [-0.15, -0.1) is 11.3 Å². The lowest BCUT2D eigenvalue weighted by Crippen LogP contribution is -2.30. The van der Waals surface area contributed by atoms with E-state index in [1.807, 2.05) is 66.9 Å². The van der Waals surface area contributed by atoms with Crippen LogP contribution in [0.3, 0.4) is 0 Å². The standard InChI is InChI=1S/C26H23ClN2O3S/c1-17-23(31-2)13-20(14-24(17)32-3)25(30)29(15-18-7-5-4-6-8-18)26-28-22(16-33-26)19-9-11-21(27)12-10-19/h4-14,16H,15H2,1-3H3. The molecule has 0 aliphatic heterocycles. The molecule has 0 aliphatic carbocycles. The number of hydrogen-bond acceptors (Lipinski definition) is 5. The molecule has 1 aromatic heterocycles. The van der Waals surface area contributed by atoms with Gasteiger partial charge in [0.05, 0.1) is 26.5 Å². The van der Waals surface area contributed by atoms with Crippen LogP contribution in [-0.2, 0) is 6.54 Å². The molecular formula is C26H23ClN2O3S. The summed E-state index contributed by atoms with van der Waals surface area (Å²) in [6.45, 7) is 2.28. The van der Waals surface area contributed by atoms with Crippen molar-refractivity contribution in [2.24, 2.45) is 0 Å². The zero-order chi connectivity index (χ0) is 23.4. The van der Waals surface area contributed by atoms with Crippen LogP contribution >= 0.6 is 22.9 Å². The third-order valence-corrected chi connectivity index (χ3v) is 6.41. The lowest BCUT2D eigenvalue weighted by atomic mass is 10.1. The smallest absolute Gasteiger partial charge is 0.260 e. The highest BCUT2D eigenvalue weighted by Crippen LogP contribution is 2.33. The Morgan fingerprint density at radius 3 is 2.24 bits per heavy atom. The maximum absolute atomic E-state index is 13.8. The second kappa shape index (κ2) is 10.1. The van der Waals surface area contributed by atoms with Gasteiger partial charge in [0, 0.05) is 27.1 Å². The molecule has 0 fully saturated rings.